The zero-order chi connectivity index (χ0) is 11.5. The molecule has 0 bridgehead atoms. The summed E-state index contributed by atoms with van der Waals surface area (Å²) in [5, 5.41) is 3.18. The van der Waals surface area contributed by atoms with E-state index in [0.717, 1.165) is 32.0 Å². The molecule has 2 rings (SSSR count). The van der Waals surface area contributed by atoms with Crippen molar-refractivity contribution >= 4 is 5.69 Å². The van der Waals surface area contributed by atoms with E-state index in [1.54, 1.807) is 0 Å². The summed E-state index contributed by atoms with van der Waals surface area (Å²) in [5.74, 6) is -1.06. The molecule has 2 nitrogen and oxygen atoms in total. The lowest BCUT2D eigenvalue weighted by molar-refractivity contribution is 0.264. The maximum absolute atomic E-state index is 13.0. The summed E-state index contributed by atoms with van der Waals surface area (Å²) in [5.41, 5.74) is 0.534. The monoisotopic (exact) mass is 226 g/mol. The first kappa shape index (κ1) is 11.3. The predicted molar refractivity (Wildman–Crippen MR) is 60.5 cm³/mol. The van der Waals surface area contributed by atoms with Gasteiger partial charge in [-0.15, -0.1) is 0 Å². The number of likely N-dealkylation sites (tertiary alicyclic amines) is 1. The maximum Gasteiger partial charge on any atom is 0.128 e. The number of piperidine rings is 1. The highest BCUT2D eigenvalue weighted by molar-refractivity contribution is 5.44. The van der Waals surface area contributed by atoms with Gasteiger partial charge in [0.1, 0.15) is 11.6 Å². The molecule has 1 aromatic rings. The van der Waals surface area contributed by atoms with Gasteiger partial charge >= 0.3 is 0 Å². The molecule has 1 N–H and O–H groups in total. The van der Waals surface area contributed by atoms with Gasteiger partial charge in [-0.1, -0.05) is 0 Å². The molecule has 0 radical (unpaired) electrons. The molecule has 0 unspecified atom stereocenters. The van der Waals surface area contributed by atoms with Crippen LogP contribution in [0.1, 0.15) is 12.8 Å². The number of nitrogens with one attached hydrogen (secondary N) is 1. The Morgan fingerprint density at radius 2 is 1.69 bits per heavy atom. The lowest BCUT2D eigenvalue weighted by Gasteiger charge is -2.30. The van der Waals surface area contributed by atoms with Crippen LogP contribution >= 0.6 is 0 Å². The molecule has 0 spiro atoms. The quantitative estimate of drug-likeness (QED) is 0.833. The summed E-state index contributed by atoms with van der Waals surface area (Å²) in [6.07, 6.45) is 2.02. The van der Waals surface area contributed by atoms with Crippen molar-refractivity contribution < 1.29 is 8.78 Å². The van der Waals surface area contributed by atoms with E-state index in [1.807, 2.05) is 0 Å². The molecule has 1 fully saturated rings. The molecule has 1 heterocycles. The maximum atomic E-state index is 13.0. The summed E-state index contributed by atoms with van der Waals surface area (Å²) in [7, 11) is 2.08. The minimum absolute atomic E-state index is 0.317. The molecule has 1 aliphatic rings. The van der Waals surface area contributed by atoms with E-state index in [4.69, 9.17) is 0 Å². The van der Waals surface area contributed by atoms with Crippen LogP contribution in [-0.4, -0.2) is 31.1 Å². The molecule has 0 aliphatic carbocycles. The Morgan fingerprint density at radius 1 is 1.12 bits per heavy atom. The van der Waals surface area contributed by atoms with E-state index in [-0.39, 0.29) is 0 Å². The molecule has 4 heteroatoms. The van der Waals surface area contributed by atoms with Gasteiger partial charge in [0.25, 0.3) is 0 Å². The zero-order valence-corrected chi connectivity index (χ0v) is 9.34. The molecule has 1 aliphatic heterocycles. The van der Waals surface area contributed by atoms with Crippen molar-refractivity contribution in [3.05, 3.63) is 29.8 Å². The standard InChI is InChI=1S/C12H16F2N2/c1-16-4-2-11(3-5-16)15-12-7-9(13)6-10(14)8-12/h6-8,11,15H,2-5H2,1H3. The Labute approximate surface area is 94.3 Å². The molecule has 1 saturated heterocycles. The number of hydrogen-bond donors (Lipinski definition) is 1. The van der Waals surface area contributed by atoms with Gasteiger partial charge in [-0.3, -0.25) is 0 Å². The van der Waals surface area contributed by atoms with E-state index in [2.05, 4.69) is 17.3 Å². The summed E-state index contributed by atoms with van der Waals surface area (Å²) in [4.78, 5) is 2.25. The zero-order valence-electron chi connectivity index (χ0n) is 9.34. The lowest BCUT2D eigenvalue weighted by atomic mass is 10.1. The third kappa shape index (κ3) is 2.92. The van der Waals surface area contributed by atoms with Crippen LogP contribution in [0.2, 0.25) is 0 Å². The van der Waals surface area contributed by atoms with Crippen LogP contribution in [0.4, 0.5) is 14.5 Å². The smallest absolute Gasteiger partial charge is 0.128 e. The molecule has 1 aromatic carbocycles. The minimum atomic E-state index is -0.532. The summed E-state index contributed by atoms with van der Waals surface area (Å²) in [6, 6.07) is 3.88. The fourth-order valence-electron chi connectivity index (χ4n) is 2.03. The average Bonchev–Trinajstić information content (AvgIpc) is 2.20. The highest BCUT2D eigenvalue weighted by atomic mass is 19.1. The van der Waals surface area contributed by atoms with Gasteiger partial charge in [0, 0.05) is 17.8 Å². The number of halogens is 2. The van der Waals surface area contributed by atoms with Crippen molar-refractivity contribution in [2.75, 3.05) is 25.5 Å². The second-order valence-corrected chi connectivity index (χ2v) is 4.38. The molecule has 16 heavy (non-hydrogen) atoms. The lowest BCUT2D eigenvalue weighted by Crippen LogP contribution is -2.36. The molecular formula is C12H16F2N2. The Morgan fingerprint density at radius 3 is 2.25 bits per heavy atom. The van der Waals surface area contributed by atoms with Crippen LogP contribution in [0.15, 0.2) is 18.2 Å². The van der Waals surface area contributed by atoms with Crippen LogP contribution in [0.3, 0.4) is 0 Å². The van der Waals surface area contributed by atoms with Gasteiger partial charge in [-0.05, 0) is 45.1 Å². The first-order valence-electron chi connectivity index (χ1n) is 5.54. The fourth-order valence-corrected chi connectivity index (χ4v) is 2.03. The first-order valence-corrected chi connectivity index (χ1v) is 5.54. The Bertz CT molecular complexity index is 340. The highest BCUT2D eigenvalue weighted by Crippen LogP contribution is 2.18. The third-order valence-corrected chi connectivity index (χ3v) is 2.95. The molecule has 88 valence electrons. The van der Waals surface area contributed by atoms with Gasteiger partial charge in [0.15, 0.2) is 0 Å². The van der Waals surface area contributed by atoms with E-state index in [1.165, 1.54) is 12.1 Å². The molecule has 0 amide bonds. The average molecular weight is 226 g/mol. The van der Waals surface area contributed by atoms with Crippen LogP contribution in [-0.2, 0) is 0 Å². The number of hydrogen-bond acceptors (Lipinski definition) is 2. The number of nitrogens with zero attached hydrogens (tertiary/aromatic N) is 1. The number of benzene rings is 1. The van der Waals surface area contributed by atoms with E-state index >= 15 is 0 Å². The number of rotatable bonds is 2. The van der Waals surface area contributed by atoms with Gasteiger partial charge in [-0.2, -0.15) is 0 Å². The van der Waals surface area contributed by atoms with Gasteiger partial charge < -0.3 is 10.2 Å². The first-order chi connectivity index (χ1) is 7.63. The SMILES string of the molecule is CN1CCC(Nc2cc(F)cc(F)c2)CC1. The summed E-state index contributed by atoms with van der Waals surface area (Å²) < 4.78 is 25.9. The van der Waals surface area contributed by atoms with Crippen molar-refractivity contribution in [3.63, 3.8) is 0 Å². The topological polar surface area (TPSA) is 15.3 Å². The van der Waals surface area contributed by atoms with Gasteiger partial charge in [0.05, 0.1) is 0 Å². The molecule has 0 aromatic heterocycles. The highest BCUT2D eigenvalue weighted by Gasteiger charge is 2.16. The van der Waals surface area contributed by atoms with Crippen molar-refractivity contribution in [3.8, 4) is 0 Å². The van der Waals surface area contributed by atoms with Crippen molar-refractivity contribution in [1.82, 2.24) is 4.90 Å². The predicted octanol–water partition coefficient (Wildman–Crippen LogP) is 2.47. The van der Waals surface area contributed by atoms with Crippen LogP contribution < -0.4 is 5.32 Å². The minimum Gasteiger partial charge on any atom is -0.382 e. The summed E-state index contributed by atoms with van der Waals surface area (Å²) in [6.45, 7) is 2.05. The Balaban J connectivity index is 1.98. The van der Waals surface area contributed by atoms with Crippen molar-refractivity contribution in [2.45, 2.75) is 18.9 Å². The number of anilines is 1. The second-order valence-electron chi connectivity index (χ2n) is 4.38. The van der Waals surface area contributed by atoms with Crippen molar-refractivity contribution in [2.24, 2.45) is 0 Å². The Kier molecular flexibility index (Phi) is 3.39. The fraction of sp³-hybridized carbons (Fsp3) is 0.500. The molecule has 0 atom stereocenters. The molecular weight excluding hydrogens is 210 g/mol. The normalized spacial score (nSPS) is 18.7. The van der Waals surface area contributed by atoms with E-state index in [9.17, 15) is 8.78 Å². The Hall–Kier alpha value is -1.16. The van der Waals surface area contributed by atoms with Crippen LogP contribution in [0, 0.1) is 11.6 Å². The van der Waals surface area contributed by atoms with Crippen LogP contribution in [0.25, 0.3) is 0 Å². The van der Waals surface area contributed by atoms with Crippen molar-refractivity contribution in [1.29, 1.82) is 0 Å². The molecule has 0 saturated carbocycles. The van der Waals surface area contributed by atoms with E-state index < -0.39 is 11.6 Å². The largest absolute Gasteiger partial charge is 0.382 e. The summed E-state index contributed by atoms with van der Waals surface area (Å²) >= 11 is 0. The third-order valence-electron chi connectivity index (χ3n) is 2.95. The van der Waals surface area contributed by atoms with E-state index in [0.29, 0.717) is 11.7 Å². The van der Waals surface area contributed by atoms with Crippen LogP contribution in [0.5, 0.6) is 0 Å². The van der Waals surface area contributed by atoms with Gasteiger partial charge in [0.2, 0.25) is 0 Å². The second kappa shape index (κ2) is 4.78. The van der Waals surface area contributed by atoms with Gasteiger partial charge in [-0.25, -0.2) is 8.78 Å².